The Morgan fingerprint density at radius 3 is 1.58 bits per heavy atom. The molecule has 0 saturated carbocycles. The van der Waals surface area contributed by atoms with Gasteiger partial charge in [-0.25, -0.2) is 9.97 Å². The van der Waals surface area contributed by atoms with Crippen LogP contribution in [-0.4, -0.2) is 14.5 Å². The topological polar surface area (TPSA) is 43.9 Å². The van der Waals surface area contributed by atoms with Crippen LogP contribution < -0.4 is 0 Å². The van der Waals surface area contributed by atoms with Crippen LogP contribution in [0.1, 0.15) is 0 Å². The fourth-order valence-corrected chi connectivity index (χ4v) is 7.18. The molecule has 0 radical (unpaired) electrons. The lowest BCUT2D eigenvalue weighted by Gasteiger charge is -2.12. The lowest BCUT2D eigenvalue weighted by atomic mass is 10.0. The number of benzene rings is 7. The second-order valence-electron chi connectivity index (χ2n) is 12.6. The van der Waals surface area contributed by atoms with Crippen LogP contribution in [0, 0.1) is 0 Å². The molecule has 0 bridgehead atoms. The first-order valence-corrected chi connectivity index (χ1v) is 16.8. The number of furan rings is 1. The Balaban J connectivity index is 1.04. The Morgan fingerprint density at radius 2 is 0.880 bits per heavy atom. The van der Waals surface area contributed by atoms with Crippen LogP contribution in [0.2, 0.25) is 0 Å². The first kappa shape index (κ1) is 28.3. The van der Waals surface area contributed by atoms with Gasteiger partial charge in [0.1, 0.15) is 11.2 Å². The van der Waals surface area contributed by atoms with Crippen molar-refractivity contribution in [1.29, 1.82) is 0 Å². The number of hydrogen-bond donors (Lipinski definition) is 0. The van der Waals surface area contributed by atoms with E-state index in [9.17, 15) is 0 Å². The number of rotatable bonds is 5. The van der Waals surface area contributed by atoms with Crippen molar-refractivity contribution in [3.05, 3.63) is 176 Å². The van der Waals surface area contributed by atoms with Crippen molar-refractivity contribution in [1.82, 2.24) is 14.5 Å². The minimum Gasteiger partial charge on any atom is -0.456 e. The molecule has 7 aromatic carbocycles. The Labute approximate surface area is 288 Å². The number of para-hydroxylation sites is 3. The molecule has 50 heavy (non-hydrogen) atoms. The average Bonchev–Trinajstić information content (AvgIpc) is 3.74. The third-order valence-electron chi connectivity index (χ3n) is 9.65. The lowest BCUT2D eigenvalue weighted by Crippen LogP contribution is -1.97. The van der Waals surface area contributed by atoms with Gasteiger partial charge in [-0.1, -0.05) is 127 Å². The van der Waals surface area contributed by atoms with Gasteiger partial charge in [0.15, 0.2) is 5.82 Å². The first-order chi connectivity index (χ1) is 24.8. The van der Waals surface area contributed by atoms with Crippen LogP contribution in [0.3, 0.4) is 0 Å². The van der Waals surface area contributed by atoms with Crippen molar-refractivity contribution in [3.63, 3.8) is 0 Å². The molecule has 0 amide bonds. The van der Waals surface area contributed by atoms with Gasteiger partial charge in [-0.05, 0) is 59.7 Å². The fraction of sp³-hybridized carbons (Fsp3) is 0. The SMILES string of the molecule is c1ccc(-c2cc(-c3ccc(-n4c5ccccc5c5ccccc54)cc3)nc(-c3ccc(-c4ccc5oc6ccccc6c5c4)cc3)n2)cc1. The van der Waals surface area contributed by atoms with E-state index in [1.54, 1.807) is 0 Å². The van der Waals surface area contributed by atoms with Gasteiger partial charge < -0.3 is 8.98 Å². The van der Waals surface area contributed by atoms with Gasteiger partial charge >= 0.3 is 0 Å². The molecule has 0 aliphatic heterocycles. The largest absolute Gasteiger partial charge is 0.456 e. The maximum absolute atomic E-state index is 6.06. The van der Waals surface area contributed by atoms with E-state index in [4.69, 9.17) is 14.4 Å². The predicted octanol–water partition coefficient (Wildman–Crippen LogP) is 12.1. The van der Waals surface area contributed by atoms with E-state index in [1.165, 1.54) is 21.8 Å². The summed E-state index contributed by atoms with van der Waals surface area (Å²) < 4.78 is 8.39. The van der Waals surface area contributed by atoms with Crippen LogP contribution in [0.15, 0.2) is 180 Å². The molecule has 0 aliphatic carbocycles. The smallest absolute Gasteiger partial charge is 0.160 e. The average molecular weight is 640 g/mol. The second kappa shape index (κ2) is 11.4. The number of aromatic nitrogens is 3. The van der Waals surface area contributed by atoms with Gasteiger partial charge in [-0.15, -0.1) is 0 Å². The molecule has 0 fully saturated rings. The molecule has 10 aromatic rings. The van der Waals surface area contributed by atoms with Crippen molar-refractivity contribution in [3.8, 4) is 50.7 Å². The molecule has 0 N–H and O–H groups in total. The third kappa shape index (κ3) is 4.69. The summed E-state index contributed by atoms with van der Waals surface area (Å²) in [4.78, 5) is 10.2. The molecule has 4 heteroatoms. The van der Waals surface area contributed by atoms with Crippen LogP contribution in [-0.2, 0) is 0 Å². The summed E-state index contributed by atoms with van der Waals surface area (Å²) in [6, 6.07) is 61.4. The van der Waals surface area contributed by atoms with Crippen molar-refractivity contribution in [2.75, 3.05) is 0 Å². The highest BCUT2D eigenvalue weighted by atomic mass is 16.3. The van der Waals surface area contributed by atoms with Gasteiger partial charge in [0.25, 0.3) is 0 Å². The summed E-state index contributed by atoms with van der Waals surface area (Å²) >= 11 is 0. The zero-order valence-electron chi connectivity index (χ0n) is 27.0. The van der Waals surface area contributed by atoms with Gasteiger partial charge in [0.2, 0.25) is 0 Å². The second-order valence-corrected chi connectivity index (χ2v) is 12.6. The third-order valence-corrected chi connectivity index (χ3v) is 9.65. The molecule has 10 rings (SSSR count). The van der Waals surface area contributed by atoms with Crippen LogP contribution in [0.25, 0.3) is 94.5 Å². The number of hydrogen-bond acceptors (Lipinski definition) is 3. The van der Waals surface area contributed by atoms with E-state index in [-0.39, 0.29) is 0 Å². The maximum Gasteiger partial charge on any atom is 0.160 e. The van der Waals surface area contributed by atoms with Crippen LogP contribution in [0.4, 0.5) is 0 Å². The Morgan fingerprint density at radius 1 is 0.360 bits per heavy atom. The zero-order valence-corrected chi connectivity index (χ0v) is 27.0. The van der Waals surface area contributed by atoms with E-state index < -0.39 is 0 Å². The molecule has 234 valence electrons. The zero-order chi connectivity index (χ0) is 33.0. The van der Waals surface area contributed by atoms with Crippen molar-refractivity contribution in [2.45, 2.75) is 0 Å². The highest BCUT2D eigenvalue weighted by Crippen LogP contribution is 2.35. The minimum atomic E-state index is 0.690. The maximum atomic E-state index is 6.06. The highest BCUT2D eigenvalue weighted by molar-refractivity contribution is 6.09. The Bertz CT molecular complexity index is 2790. The summed E-state index contributed by atoms with van der Waals surface area (Å²) in [6.07, 6.45) is 0. The van der Waals surface area contributed by atoms with E-state index >= 15 is 0 Å². The van der Waals surface area contributed by atoms with Crippen molar-refractivity contribution >= 4 is 43.7 Å². The van der Waals surface area contributed by atoms with E-state index in [0.29, 0.717) is 5.82 Å². The quantitative estimate of drug-likeness (QED) is 0.188. The predicted molar refractivity (Wildman–Crippen MR) is 205 cm³/mol. The Hall–Kier alpha value is -6.78. The summed E-state index contributed by atoms with van der Waals surface area (Å²) in [6.45, 7) is 0. The van der Waals surface area contributed by atoms with Crippen LogP contribution >= 0.6 is 0 Å². The standard InChI is InChI=1S/C46H29N3O/c1-2-10-31(11-3-1)40-29-41(32-22-25-35(26-23-32)49-42-15-7-4-12-36(42)37-13-5-8-16-43(37)49)48-46(47-40)33-20-18-30(19-21-33)34-24-27-45-39(28-34)38-14-6-9-17-44(38)50-45/h1-29H. The molecule has 0 saturated heterocycles. The minimum absolute atomic E-state index is 0.690. The number of fused-ring (bicyclic) bond motifs is 6. The van der Waals surface area contributed by atoms with Gasteiger partial charge in [0, 0.05) is 43.9 Å². The molecule has 0 atom stereocenters. The first-order valence-electron chi connectivity index (χ1n) is 16.8. The van der Waals surface area contributed by atoms with Gasteiger partial charge in [0.05, 0.1) is 22.4 Å². The van der Waals surface area contributed by atoms with E-state index in [2.05, 4.69) is 150 Å². The Kier molecular flexibility index (Phi) is 6.46. The van der Waals surface area contributed by atoms with Crippen molar-refractivity contribution < 1.29 is 4.42 Å². The fourth-order valence-electron chi connectivity index (χ4n) is 7.18. The normalized spacial score (nSPS) is 11.6. The monoisotopic (exact) mass is 639 g/mol. The molecule has 0 unspecified atom stereocenters. The molecule has 3 aromatic heterocycles. The molecular weight excluding hydrogens is 611 g/mol. The molecule has 3 heterocycles. The summed E-state index contributed by atoms with van der Waals surface area (Å²) in [7, 11) is 0. The van der Waals surface area contributed by atoms with Gasteiger partial charge in [-0.3, -0.25) is 0 Å². The molecule has 0 aliphatic rings. The number of nitrogens with zero attached hydrogens (tertiary/aromatic N) is 3. The van der Waals surface area contributed by atoms with Gasteiger partial charge in [-0.2, -0.15) is 0 Å². The summed E-state index contributed by atoms with van der Waals surface area (Å²) in [5.41, 5.74) is 12.4. The van der Waals surface area contributed by atoms with Crippen LogP contribution in [0.5, 0.6) is 0 Å². The van der Waals surface area contributed by atoms with Crippen molar-refractivity contribution in [2.24, 2.45) is 0 Å². The molecule has 0 spiro atoms. The molecular formula is C46H29N3O. The van der Waals surface area contributed by atoms with E-state index in [0.717, 1.165) is 66.8 Å². The molecule has 4 nitrogen and oxygen atoms in total. The summed E-state index contributed by atoms with van der Waals surface area (Å²) in [5, 5.41) is 4.75. The highest BCUT2D eigenvalue weighted by Gasteiger charge is 2.14. The lowest BCUT2D eigenvalue weighted by molar-refractivity contribution is 0.669. The summed E-state index contributed by atoms with van der Waals surface area (Å²) in [5.74, 6) is 0.690. The van der Waals surface area contributed by atoms with E-state index in [1.807, 2.05) is 30.3 Å².